The Hall–Kier alpha value is -6.33. The summed E-state index contributed by atoms with van der Waals surface area (Å²) in [7, 11) is 1.79. The molecular weight excluding hydrogens is 795 g/mol. The molecule has 1 atom stereocenters. The Morgan fingerprint density at radius 2 is 1.68 bits per heavy atom. The third kappa shape index (κ3) is 9.89. The zero-order valence-corrected chi connectivity index (χ0v) is 34.7. The molecule has 17 nitrogen and oxygen atoms in total. The number of piperidine rings is 1. The van der Waals surface area contributed by atoms with Gasteiger partial charge in [-0.25, -0.2) is 9.97 Å². The fourth-order valence-electron chi connectivity index (χ4n) is 8.33. The van der Waals surface area contributed by atoms with Crippen LogP contribution in [0.4, 0.5) is 23.0 Å². The van der Waals surface area contributed by atoms with E-state index in [2.05, 4.69) is 36.2 Å². The van der Waals surface area contributed by atoms with Crippen molar-refractivity contribution >= 4 is 69.2 Å². The number of nitrogens with zero attached hydrogens (tertiary/aromatic N) is 5. The molecule has 3 aromatic heterocycles. The monoisotopic (exact) mass is 845 g/mol. The van der Waals surface area contributed by atoms with E-state index in [0.29, 0.717) is 74.9 Å². The van der Waals surface area contributed by atoms with Crippen LogP contribution < -0.4 is 21.3 Å². The average molecular weight is 846 g/mol. The van der Waals surface area contributed by atoms with Gasteiger partial charge in [0, 0.05) is 80.7 Å². The van der Waals surface area contributed by atoms with Crippen LogP contribution in [-0.4, -0.2) is 119 Å². The zero-order valence-electron chi connectivity index (χ0n) is 34.7. The molecular formula is C45H51N9O8. The number of Topliss-reactive ketones (excluding diaryl/α,β-unsaturated/α-hetero) is 1. The van der Waals surface area contributed by atoms with Gasteiger partial charge in [-0.1, -0.05) is 6.07 Å². The van der Waals surface area contributed by atoms with Crippen molar-refractivity contribution in [2.24, 2.45) is 11.8 Å². The van der Waals surface area contributed by atoms with Crippen molar-refractivity contribution in [3.8, 4) is 0 Å². The number of rotatable bonds is 19. The van der Waals surface area contributed by atoms with E-state index in [-0.39, 0.29) is 47.5 Å². The molecule has 5 heterocycles. The summed E-state index contributed by atoms with van der Waals surface area (Å²) in [6.45, 7) is 2.13. The number of aromatic nitrogens is 3. The number of imide groups is 2. The maximum atomic E-state index is 13.6. The highest BCUT2D eigenvalue weighted by atomic mass is 16.5. The van der Waals surface area contributed by atoms with Gasteiger partial charge in [0.25, 0.3) is 11.8 Å². The van der Waals surface area contributed by atoms with Gasteiger partial charge in [0.15, 0.2) is 5.78 Å². The standard InChI is InChI=1S/C45H51N9O8/c1-53(18-20-62-22-21-61-19-17-47-34-4-2-3-31-41(34)45(60)54(44(31)59)36-12-14-40(56)52-42(36)57)43(58)28-7-5-27(6-8-28)23-37(55)32-26-48-39(24-35(32)49-30-10-11-30)51-38-13-9-29-25-46-16-15-33(29)50-38/h2-4,9,13,15-16,24-28,30,36,47H,5-8,10-12,14,17-23H2,1H3,(H,52,56,57)(H2,48,49,50,51). The first-order valence-corrected chi connectivity index (χ1v) is 21.4. The van der Waals surface area contributed by atoms with Gasteiger partial charge in [-0.3, -0.25) is 44.0 Å². The molecule has 2 aliphatic heterocycles. The molecule has 4 aromatic rings. The SMILES string of the molecule is CN(CCOCCOCCNc1cccc2c1C(=O)N(C1CCC(=O)NC1=O)C2=O)C(=O)C1CCC(CC(=O)c2cnc(Nc3ccc4cnccc4n3)cc2NC2CC2)CC1. The molecule has 4 N–H and O–H groups in total. The van der Waals surface area contributed by atoms with Gasteiger partial charge in [-0.05, 0) is 81.2 Å². The molecule has 17 heteroatoms. The van der Waals surface area contributed by atoms with Gasteiger partial charge in [-0.2, -0.15) is 0 Å². The molecule has 1 unspecified atom stereocenters. The molecule has 4 aliphatic rings. The third-order valence-corrected chi connectivity index (χ3v) is 11.9. The van der Waals surface area contributed by atoms with Gasteiger partial charge < -0.3 is 30.3 Å². The molecule has 1 saturated heterocycles. The van der Waals surface area contributed by atoms with Crippen molar-refractivity contribution in [3.05, 3.63) is 77.7 Å². The molecule has 1 aromatic carbocycles. The minimum Gasteiger partial charge on any atom is -0.382 e. The average Bonchev–Trinajstić information content (AvgIpc) is 4.06. The number of carbonyl (C=O) groups excluding carboxylic acids is 6. The Morgan fingerprint density at radius 1 is 0.871 bits per heavy atom. The second-order valence-electron chi connectivity index (χ2n) is 16.4. The summed E-state index contributed by atoms with van der Waals surface area (Å²) in [4.78, 5) is 93.3. The van der Waals surface area contributed by atoms with E-state index in [1.54, 1.807) is 48.7 Å². The van der Waals surface area contributed by atoms with Gasteiger partial charge in [-0.15, -0.1) is 0 Å². The number of amides is 5. The summed E-state index contributed by atoms with van der Waals surface area (Å²) in [6, 6.07) is 11.8. The topological polar surface area (TPSA) is 214 Å². The lowest BCUT2D eigenvalue weighted by Gasteiger charge is -2.30. The van der Waals surface area contributed by atoms with Crippen molar-refractivity contribution in [2.75, 3.05) is 62.5 Å². The van der Waals surface area contributed by atoms with E-state index in [0.717, 1.165) is 60.0 Å². The van der Waals surface area contributed by atoms with Gasteiger partial charge >= 0.3 is 0 Å². The van der Waals surface area contributed by atoms with Gasteiger partial charge in [0.2, 0.25) is 17.7 Å². The van der Waals surface area contributed by atoms with Crippen LogP contribution in [0.3, 0.4) is 0 Å². The van der Waals surface area contributed by atoms with Crippen LogP contribution in [0, 0.1) is 11.8 Å². The predicted molar refractivity (Wildman–Crippen MR) is 229 cm³/mol. The zero-order chi connectivity index (χ0) is 43.2. The first-order valence-electron chi connectivity index (χ1n) is 21.4. The third-order valence-electron chi connectivity index (χ3n) is 11.9. The van der Waals surface area contributed by atoms with E-state index >= 15 is 0 Å². The van der Waals surface area contributed by atoms with Gasteiger partial charge in [0.05, 0.1) is 54.3 Å². The van der Waals surface area contributed by atoms with Crippen molar-refractivity contribution < 1.29 is 38.2 Å². The molecule has 2 saturated carbocycles. The van der Waals surface area contributed by atoms with Crippen LogP contribution in [0.1, 0.15) is 88.9 Å². The summed E-state index contributed by atoms with van der Waals surface area (Å²) >= 11 is 0. The lowest BCUT2D eigenvalue weighted by Crippen LogP contribution is -2.54. The second-order valence-corrected chi connectivity index (χ2v) is 16.4. The van der Waals surface area contributed by atoms with E-state index in [1.807, 2.05) is 24.3 Å². The molecule has 62 heavy (non-hydrogen) atoms. The lowest BCUT2D eigenvalue weighted by molar-refractivity contribution is -0.137. The molecule has 324 valence electrons. The molecule has 3 fully saturated rings. The number of fused-ring (bicyclic) bond motifs is 2. The van der Waals surface area contributed by atoms with E-state index in [1.165, 1.54) is 0 Å². The number of ether oxygens (including phenoxy) is 2. The Balaban J connectivity index is 0.715. The van der Waals surface area contributed by atoms with Crippen molar-refractivity contribution in [1.29, 1.82) is 0 Å². The Labute approximate surface area is 358 Å². The summed E-state index contributed by atoms with van der Waals surface area (Å²) in [6.07, 6.45) is 10.9. The number of hydrogen-bond acceptors (Lipinski definition) is 14. The van der Waals surface area contributed by atoms with Crippen molar-refractivity contribution in [1.82, 2.24) is 30.1 Å². The first kappa shape index (κ1) is 42.4. The minimum absolute atomic E-state index is 0.0537. The largest absolute Gasteiger partial charge is 0.382 e. The second kappa shape index (κ2) is 19.2. The Bertz CT molecular complexity index is 2360. The quantitative estimate of drug-likeness (QED) is 0.0571. The number of nitrogens with one attached hydrogen (secondary N) is 4. The molecule has 0 bridgehead atoms. The van der Waals surface area contributed by atoms with E-state index < -0.39 is 29.7 Å². The van der Waals surface area contributed by atoms with Crippen LogP contribution in [0.5, 0.6) is 0 Å². The number of carbonyl (C=O) groups is 6. The predicted octanol–water partition coefficient (Wildman–Crippen LogP) is 4.73. The Morgan fingerprint density at radius 3 is 2.47 bits per heavy atom. The summed E-state index contributed by atoms with van der Waals surface area (Å²) in [5.41, 5.74) is 3.06. The summed E-state index contributed by atoms with van der Waals surface area (Å²) in [5.74, 6) is -0.680. The van der Waals surface area contributed by atoms with Crippen molar-refractivity contribution in [3.63, 3.8) is 0 Å². The highest BCUT2D eigenvalue weighted by Gasteiger charge is 2.45. The number of likely N-dealkylation sites (N-methyl/N-ethyl adjacent to an activating group) is 1. The normalized spacial score (nSPS) is 19.9. The molecule has 2 aliphatic carbocycles. The fraction of sp³-hybridized carbons (Fsp3) is 0.444. The molecule has 0 radical (unpaired) electrons. The summed E-state index contributed by atoms with van der Waals surface area (Å²) < 4.78 is 11.4. The number of anilines is 4. The molecule has 0 spiro atoms. The molecule has 8 rings (SSSR count). The number of hydrogen-bond donors (Lipinski definition) is 4. The van der Waals surface area contributed by atoms with Crippen LogP contribution in [0.25, 0.3) is 10.9 Å². The fourth-order valence-corrected chi connectivity index (χ4v) is 8.33. The summed E-state index contributed by atoms with van der Waals surface area (Å²) in [5, 5.41) is 13.1. The molecule has 5 amide bonds. The highest BCUT2D eigenvalue weighted by Crippen LogP contribution is 2.36. The Kier molecular flexibility index (Phi) is 13.1. The van der Waals surface area contributed by atoms with E-state index in [9.17, 15) is 28.8 Å². The van der Waals surface area contributed by atoms with Crippen LogP contribution in [0.15, 0.2) is 61.1 Å². The van der Waals surface area contributed by atoms with Crippen LogP contribution >= 0.6 is 0 Å². The number of benzene rings is 1. The van der Waals surface area contributed by atoms with Crippen LogP contribution in [-0.2, 0) is 23.9 Å². The highest BCUT2D eigenvalue weighted by molar-refractivity contribution is 6.25. The number of ketones is 1. The smallest absolute Gasteiger partial charge is 0.264 e. The van der Waals surface area contributed by atoms with Crippen molar-refractivity contribution in [2.45, 2.75) is 69.9 Å². The van der Waals surface area contributed by atoms with Crippen LogP contribution in [0.2, 0.25) is 0 Å². The maximum absolute atomic E-state index is 13.6. The number of pyridine rings is 3. The maximum Gasteiger partial charge on any atom is 0.264 e. The lowest BCUT2D eigenvalue weighted by atomic mass is 9.78. The minimum atomic E-state index is -1.03. The van der Waals surface area contributed by atoms with Gasteiger partial charge in [0.1, 0.15) is 17.7 Å². The first-order chi connectivity index (χ1) is 30.1. The van der Waals surface area contributed by atoms with E-state index in [4.69, 9.17) is 9.47 Å².